The van der Waals surface area contributed by atoms with Gasteiger partial charge in [-0.1, -0.05) is 18.2 Å². The van der Waals surface area contributed by atoms with E-state index in [1.807, 2.05) is 6.33 Å². The smallest absolute Gasteiger partial charge is 0.134 e. The maximum absolute atomic E-state index is 4.17. The molecular weight excluding hydrogens is 236 g/mol. The molecule has 4 heteroatoms. The van der Waals surface area contributed by atoms with Crippen molar-refractivity contribution in [3.05, 3.63) is 47.0 Å². The van der Waals surface area contributed by atoms with Crippen molar-refractivity contribution in [1.29, 1.82) is 0 Å². The summed E-state index contributed by atoms with van der Waals surface area (Å²) in [4.78, 5) is 2.50. The van der Waals surface area contributed by atoms with Crippen molar-refractivity contribution in [3.63, 3.8) is 0 Å². The van der Waals surface area contributed by atoms with Crippen LogP contribution in [0.3, 0.4) is 0 Å². The standard InChI is InChI=1S/C15H20N4/c1-12-3-4-14(9-13(12)2)10-18-6-5-15-17-16-11-19(15)8-7-18/h3-4,9,11H,5-8,10H2,1-2H3. The first-order valence-corrected chi connectivity index (χ1v) is 6.87. The fourth-order valence-electron chi connectivity index (χ4n) is 2.60. The van der Waals surface area contributed by atoms with Crippen LogP contribution >= 0.6 is 0 Å². The first-order valence-electron chi connectivity index (χ1n) is 6.87. The Bertz CT molecular complexity index is 551. The molecule has 0 saturated heterocycles. The molecule has 0 bridgehead atoms. The summed E-state index contributed by atoms with van der Waals surface area (Å²) in [6, 6.07) is 6.77. The molecule has 1 aromatic carbocycles. The van der Waals surface area contributed by atoms with Crippen LogP contribution in [-0.4, -0.2) is 32.8 Å². The van der Waals surface area contributed by atoms with E-state index in [0.717, 1.165) is 38.4 Å². The highest BCUT2D eigenvalue weighted by Gasteiger charge is 2.14. The molecule has 4 nitrogen and oxygen atoms in total. The Morgan fingerprint density at radius 3 is 2.84 bits per heavy atom. The minimum absolute atomic E-state index is 0.991. The fourth-order valence-corrected chi connectivity index (χ4v) is 2.60. The van der Waals surface area contributed by atoms with Crippen LogP contribution in [-0.2, 0) is 19.5 Å². The highest BCUT2D eigenvalue weighted by atomic mass is 15.3. The first-order chi connectivity index (χ1) is 9.22. The van der Waals surface area contributed by atoms with E-state index in [1.54, 1.807) is 0 Å². The maximum Gasteiger partial charge on any atom is 0.134 e. The van der Waals surface area contributed by atoms with E-state index in [-0.39, 0.29) is 0 Å². The van der Waals surface area contributed by atoms with E-state index in [2.05, 4.69) is 51.7 Å². The summed E-state index contributed by atoms with van der Waals surface area (Å²) in [6.45, 7) is 8.50. The predicted molar refractivity (Wildman–Crippen MR) is 74.9 cm³/mol. The monoisotopic (exact) mass is 256 g/mol. The number of rotatable bonds is 2. The topological polar surface area (TPSA) is 34.0 Å². The molecule has 2 aromatic rings. The number of hydrogen-bond donors (Lipinski definition) is 0. The molecule has 0 aliphatic carbocycles. The molecule has 0 amide bonds. The lowest BCUT2D eigenvalue weighted by atomic mass is 10.1. The second-order valence-electron chi connectivity index (χ2n) is 5.39. The number of aryl methyl sites for hydroxylation is 2. The largest absolute Gasteiger partial charge is 0.316 e. The van der Waals surface area contributed by atoms with Crippen molar-refractivity contribution in [2.24, 2.45) is 0 Å². The minimum Gasteiger partial charge on any atom is -0.316 e. The third-order valence-electron chi connectivity index (χ3n) is 3.98. The fraction of sp³-hybridized carbons (Fsp3) is 0.467. The number of fused-ring (bicyclic) bond motifs is 1. The van der Waals surface area contributed by atoms with Crippen LogP contribution in [0.1, 0.15) is 22.5 Å². The molecule has 0 radical (unpaired) electrons. The number of benzene rings is 1. The van der Waals surface area contributed by atoms with Gasteiger partial charge in [-0.15, -0.1) is 10.2 Å². The van der Waals surface area contributed by atoms with Crippen LogP contribution in [0.15, 0.2) is 24.5 Å². The van der Waals surface area contributed by atoms with Gasteiger partial charge < -0.3 is 4.57 Å². The Labute approximate surface area is 114 Å². The zero-order valence-electron chi connectivity index (χ0n) is 11.6. The van der Waals surface area contributed by atoms with Crippen molar-refractivity contribution >= 4 is 0 Å². The number of nitrogens with zero attached hydrogens (tertiary/aromatic N) is 4. The molecule has 1 aliphatic rings. The molecule has 100 valence electrons. The lowest BCUT2D eigenvalue weighted by molar-refractivity contribution is 0.271. The highest BCUT2D eigenvalue weighted by molar-refractivity contribution is 5.29. The van der Waals surface area contributed by atoms with Crippen molar-refractivity contribution in [3.8, 4) is 0 Å². The quantitative estimate of drug-likeness (QED) is 0.823. The summed E-state index contributed by atoms with van der Waals surface area (Å²) in [5.74, 6) is 1.11. The molecule has 1 aromatic heterocycles. The minimum atomic E-state index is 0.991. The van der Waals surface area contributed by atoms with Gasteiger partial charge in [0, 0.05) is 32.6 Å². The summed E-state index contributed by atoms with van der Waals surface area (Å²) >= 11 is 0. The van der Waals surface area contributed by atoms with E-state index >= 15 is 0 Å². The van der Waals surface area contributed by atoms with Crippen LogP contribution in [0.25, 0.3) is 0 Å². The molecule has 3 rings (SSSR count). The van der Waals surface area contributed by atoms with Crippen LogP contribution in [0.5, 0.6) is 0 Å². The molecule has 19 heavy (non-hydrogen) atoms. The van der Waals surface area contributed by atoms with E-state index in [9.17, 15) is 0 Å². The van der Waals surface area contributed by atoms with Gasteiger partial charge in [0.15, 0.2) is 0 Å². The molecule has 1 aliphatic heterocycles. The van der Waals surface area contributed by atoms with Crippen molar-refractivity contribution in [2.45, 2.75) is 33.4 Å². The second kappa shape index (κ2) is 5.13. The average molecular weight is 256 g/mol. The molecular formula is C15H20N4. The van der Waals surface area contributed by atoms with Crippen molar-refractivity contribution in [2.75, 3.05) is 13.1 Å². The molecule has 0 N–H and O–H groups in total. The zero-order chi connectivity index (χ0) is 13.2. The van der Waals surface area contributed by atoms with Gasteiger partial charge in [-0.2, -0.15) is 0 Å². The SMILES string of the molecule is Cc1ccc(CN2CCc3nncn3CC2)cc1C. The molecule has 2 heterocycles. The van der Waals surface area contributed by atoms with Gasteiger partial charge in [0.05, 0.1) is 0 Å². The van der Waals surface area contributed by atoms with Gasteiger partial charge in [-0.05, 0) is 30.5 Å². The van der Waals surface area contributed by atoms with E-state index < -0.39 is 0 Å². The van der Waals surface area contributed by atoms with Gasteiger partial charge in [0.25, 0.3) is 0 Å². The Morgan fingerprint density at radius 1 is 1.11 bits per heavy atom. The third kappa shape index (κ3) is 2.68. The zero-order valence-corrected chi connectivity index (χ0v) is 11.6. The van der Waals surface area contributed by atoms with Gasteiger partial charge >= 0.3 is 0 Å². The summed E-state index contributed by atoms with van der Waals surface area (Å²) in [7, 11) is 0. The van der Waals surface area contributed by atoms with Gasteiger partial charge in [-0.25, -0.2) is 0 Å². The Hall–Kier alpha value is -1.68. The third-order valence-corrected chi connectivity index (χ3v) is 3.98. The highest BCUT2D eigenvalue weighted by Crippen LogP contribution is 2.14. The van der Waals surface area contributed by atoms with Crippen LogP contribution in [0, 0.1) is 13.8 Å². The van der Waals surface area contributed by atoms with E-state index in [0.29, 0.717) is 0 Å². The number of aromatic nitrogens is 3. The summed E-state index contributed by atoms with van der Waals surface area (Å²) in [5.41, 5.74) is 4.15. The van der Waals surface area contributed by atoms with Crippen molar-refractivity contribution in [1.82, 2.24) is 19.7 Å². The Balaban J connectivity index is 1.67. The summed E-state index contributed by atoms with van der Waals surface area (Å²) in [6.07, 6.45) is 2.83. The molecule has 0 saturated carbocycles. The molecule has 0 fully saturated rings. The van der Waals surface area contributed by atoms with Gasteiger partial charge in [0.1, 0.15) is 12.2 Å². The average Bonchev–Trinajstić information content (AvgIpc) is 2.77. The van der Waals surface area contributed by atoms with Crippen LogP contribution < -0.4 is 0 Å². The van der Waals surface area contributed by atoms with E-state index in [4.69, 9.17) is 0 Å². The number of hydrogen-bond acceptors (Lipinski definition) is 3. The van der Waals surface area contributed by atoms with Gasteiger partial charge in [-0.3, -0.25) is 4.90 Å². The normalized spacial score (nSPS) is 16.1. The van der Waals surface area contributed by atoms with Crippen LogP contribution in [0.2, 0.25) is 0 Å². The molecule has 0 unspecified atom stereocenters. The predicted octanol–water partition coefficient (Wildman–Crippen LogP) is 1.95. The summed E-state index contributed by atoms with van der Waals surface area (Å²) < 4.78 is 2.17. The van der Waals surface area contributed by atoms with Crippen LogP contribution in [0.4, 0.5) is 0 Å². The molecule has 0 spiro atoms. The lowest BCUT2D eigenvalue weighted by Gasteiger charge is -2.20. The Morgan fingerprint density at radius 2 is 2.00 bits per heavy atom. The first kappa shape index (κ1) is 12.4. The van der Waals surface area contributed by atoms with Gasteiger partial charge in [0.2, 0.25) is 0 Å². The van der Waals surface area contributed by atoms with E-state index in [1.165, 1.54) is 16.7 Å². The molecule has 0 atom stereocenters. The Kier molecular flexibility index (Phi) is 3.34. The van der Waals surface area contributed by atoms with Crippen molar-refractivity contribution < 1.29 is 0 Å². The summed E-state index contributed by atoms with van der Waals surface area (Å²) in [5, 5.41) is 8.14. The second-order valence-corrected chi connectivity index (χ2v) is 5.39. The lowest BCUT2D eigenvalue weighted by Crippen LogP contribution is -2.26. The maximum atomic E-state index is 4.17.